The summed E-state index contributed by atoms with van der Waals surface area (Å²) >= 11 is 0. The quantitative estimate of drug-likeness (QED) is 0.714. The second-order valence-electron chi connectivity index (χ2n) is 5.25. The molecule has 0 spiro atoms. The Bertz CT molecular complexity index is 664. The zero-order valence-electron chi connectivity index (χ0n) is 12.2. The predicted molar refractivity (Wildman–Crippen MR) is 84.8 cm³/mol. The van der Waals surface area contributed by atoms with Crippen LogP contribution >= 0.6 is 0 Å². The van der Waals surface area contributed by atoms with Crippen LogP contribution in [0, 0.1) is 0 Å². The predicted octanol–water partition coefficient (Wildman–Crippen LogP) is 4.33. The Morgan fingerprint density at radius 3 is 2.00 bits per heavy atom. The first-order chi connectivity index (χ1) is 10.2. The third-order valence-electron chi connectivity index (χ3n) is 3.32. The fraction of sp³-hybridized carbons (Fsp3) is 0.167. The highest BCUT2D eigenvalue weighted by molar-refractivity contribution is 5.67. The van der Waals surface area contributed by atoms with Gasteiger partial charge in [0, 0.05) is 23.7 Å². The highest BCUT2D eigenvalue weighted by atomic mass is 14.8. The maximum absolute atomic E-state index is 4.74. The van der Waals surface area contributed by atoms with Crippen molar-refractivity contribution in [1.82, 2.24) is 15.0 Å². The molecule has 0 amide bonds. The van der Waals surface area contributed by atoms with E-state index in [2.05, 4.69) is 35.9 Å². The summed E-state index contributed by atoms with van der Waals surface area (Å²) in [5, 5.41) is 0. The molecule has 0 aliphatic carbocycles. The minimum absolute atomic E-state index is 0.358. The number of pyridine rings is 3. The Morgan fingerprint density at radius 2 is 1.43 bits per heavy atom. The van der Waals surface area contributed by atoms with Crippen molar-refractivity contribution in [1.29, 1.82) is 0 Å². The second kappa shape index (κ2) is 5.83. The van der Waals surface area contributed by atoms with Crippen LogP contribution in [0.2, 0.25) is 0 Å². The molecule has 0 atom stereocenters. The number of rotatable bonds is 3. The van der Waals surface area contributed by atoms with Gasteiger partial charge >= 0.3 is 0 Å². The molecule has 0 bridgehead atoms. The number of hydrogen-bond acceptors (Lipinski definition) is 3. The van der Waals surface area contributed by atoms with Crippen LogP contribution in [-0.2, 0) is 0 Å². The largest absolute Gasteiger partial charge is 0.256 e. The molecule has 3 heteroatoms. The molecule has 21 heavy (non-hydrogen) atoms. The smallest absolute Gasteiger partial charge is 0.0896 e. The Morgan fingerprint density at radius 1 is 0.762 bits per heavy atom. The van der Waals surface area contributed by atoms with Crippen molar-refractivity contribution in [3.05, 3.63) is 66.6 Å². The van der Waals surface area contributed by atoms with Crippen LogP contribution < -0.4 is 0 Å². The normalized spacial score (nSPS) is 10.8. The molecule has 3 aromatic rings. The zero-order chi connectivity index (χ0) is 14.7. The lowest BCUT2D eigenvalue weighted by Crippen LogP contribution is -1.97. The van der Waals surface area contributed by atoms with Gasteiger partial charge in [0.15, 0.2) is 0 Å². The van der Waals surface area contributed by atoms with Crippen LogP contribution in [0.1, 0.15) is 25.5 Å². The van der Waals surface area contributed by atoms with E-state index in [0.29, 0.717) is 5.92 Å². The molecule has 0 fully saturated rings. The van der Waals surface area contributed by atoms with Gasteiger partial charge in [-0.25, -0.2) is 0 Å². The summed E-state index contributed by atoms with van der Waals surface area (Å²) < 4.78 is 0. The first-order valence-corrected chi connectivity index (χ1v) is 7.09. The summed E-state index contributed by atoms with van der Waals surface area (Å²) in [4.78, 5) is 13.6. The van der Waals surface area contributed by atoms with Crippen LogP contribution in [0.4, 0.5) is 0 Å². The third-order valence-corrected chi connectivity index (χ3v) is 3.32. The Balaban J connectivity index is 2.16. The van der Waals surface area contributed by atoms with Crippen molar-refractivity contribution in [3.63, 3.8) is 0 Å². The van der Waals surface area contributed by atoms with Crippen LogP contribution in [0.15, 0.2) is 60.9 Å². The molecule has 0 N–H and O–H groups in total. The molecule has 0 saturated carbocycles. The fourth-order valence-corrected chi connectivity index (χ4v) is 2.17. The van der Waals surface area contributed by atoms with Crippen molar-refractivity contribution >= 4 is 0 Å². The average molecular weight is 275 g/mol. The number of hydrogen-bond donors (Lipinski definition) is 0. The molecular formula is C18H17N3. The molecule has 3 aromatic heterocycles. The molecule has 0 aromatic carbocycles. The van der Waals surface area contributed by atoms with E-state index in [4.69, 9.17) is 4.98 Å². The highest BCUT2D eigenvalue weighted by Crippen LogP contribution is 2.26. The van der Waals surface area contributed by atoms with Gasteiger partial charge in [0.05, 0.1) is 17.1 Å². The fourth-order valence-electron chi connectivity index (χ4n) is 2.17. The first-order valence-electron chi connectivity index (χ1n) is 7.09. The molecule has 0 saturated heterocycles. The first kappa shape index (κ1) is 13.4. The Hall–Kier alpha value is -2.55. The van der Waals surface area contributed by atoms with E-state index in [9.17, 15) is 0 Å². The SMILES string of the molecule is CC(C)c1cc(-c2ccccn2)cc(-c2ccccn2)n1. The monoisotopic (exact) mass is 275 g/mol. The van der Waals surface area contributed by atoms with Crippen LogP contribution in [0.3, 0.4) is 0 Å². The van der Waals surface area contributed by atoms with E-state index >= 15 is 0 Å². The Labute approximate surface area is 124 Å². The van der Waals surface area contributed by atoms with Crippen molar-refractivity contribution in [2.75, 3.05) is 0 Å². The molecule has 104 valence electrons. The molecule has 0 aliphatic rings. The van der Waals surface area contributed by atoms with E-state index in [1.54, 1.807) is 6.20 Å². The average Bonchev–Trinajstić information content (AvgIpc) is 2.56. The number of nitrogens with zero attached hydrogens (tertiary/aromatic N) is 3. The lowest BCUT2D eigenvalue weighted by molar-refractivity contribution is 0.824. The van der Waals surface area contributed by atoms with E-state index in [0.717, 1.165) is 28.3 Å². The Kier molecular flexibility index (Phi) is 3.73. The zero-order valence-corrected chi connectivity index (χ0v) is 12.2. The topological polar surface area (TPSA) is 38.7 Å². The van der Waals surface area contributed by atoms with Crippen molar-refractivity contribution in [2.24, 2.45) is 0 Å². The third kappa shape index (κ3) is 2.97. The summed E-state index contributed by atoms with van der Waals surface area (Å²) in [7, 11) is 0. The molecule has 3 rings (SSSR count). The maximum Gasteiger partial charge on any atom is 0.0896 e. The standard InChI is InChI=1S/C18H17N3/c1-13(2)17-11-14(15-7-3-5-9-19-15)12-18(21-17)16-8-4-6-10-20-16/h3-13H,1-2H3. The molecular weight excluding hydrogens is 258 g/mol. The summed E-state index contributed by atoms with van der Waals surface area (Å²) in [5.74, 6) is 0.358. The second-order valence-corrected chi connectivity index (χ2v) is 5.25. The lowest BCUT2D eigenvalue weighted by atomic mass is 10.0. The van der Waals surface area contributed by atoms with E-state index < -0.39 is 0 Å². The van der Waals surface area contributed by atoms with E-state index in [1.807, 2.05) is 42.6 Å². The van der Waals surface area contributed by atoms with Gasteiger partial charge in [-0.2, -0.15) is 0 Å². The summed E-state index contributed by atoms with van der Waals surface area (Å²) in [5.41, 5.74) is 4.87. The molecule has 0 unspecified atom stereocenters. The molecule has 0 aliphatic heterocycles. The maximum atomic E-state index is 4.74. The van der Waals surface area contributed by atoms with Gasteiger partial charge in [-0.15, -0.1) is 0 Å². The van der Waals surface area contributed by atoms with E-state index in [1.165, 1.54) is 0 Å². The van der Waals surface area contributed by atoms with Crippen LogP contribution in [0.5, 0.6) is 0 Å². The van der Waals surface area contributed by atoms with Gasteiger partial charge in [0.25, 0.3) is 0 Å². The van der Waals surface area contributed by atoms with Gasteiger partial charge in [0.1, 0.15) is 0 Å². The summed E-state index contributed by atoms with van der Waals surface area (Å²) in [6.45, 7) is 4.29. The van der Waals surface area contributed by atoms with Gasteiger partial charge in [-0.3, -0.25) is 15.0 Å². The summed E-state index contributed by atoms with van der Waals surface area (Å²) in [6.07, 6.45) is 3.60. The van der Waals surface area contributed by atoms with E-state index in [-0.39, 0.29) is 0 Å². The molecule has 3 heterocycles. The van der Waals surface area contributed by atoms with Gasteiger partial charge in [0.2, 0.25) is 0 Å². The van der Waals surface area contributed by atoms with Crippen LogP contribution in [-0.4, -0.2) is 15.0 Å². The van der Waals surface area contributed by atoms with Crippen molar-refractivity contribution in [3.8, 4) is 22.6 Å². The van der Waals surface area contributed by atoms with Crippen molar-refractivity contribution in [2.45, 2.75) is 19.8 Å². The van der Waals surface area contributed by atoms with Gasteiger partial charge < -0.3 is 0 Å². The van der Waals surface area contributed by atoms with Gasteiger partial charge in [-0.1, -0.05) is 26.0 Å². The van der Waals surface area contributed by atoms with Crippen molar-refractivity contribution < 1.29 is 0 Å². The van der Waals surface area contributed by atoms with Gasteiger partial charge in [-0.05, 0) is 42.3 Å². The minimum Gasteiger partial charge on any atom is -0.256 e. The minimum atomic E-state index is 0.358. The lowest BCUT2D eigenvalue weighted by Gasteiger charge is -2.10. The summed E-state index contributed by atoms with van der Waals surface area (Å²) in [6, 6.07) is 16.0. The molecule has 0 radical (unpaired) electrons. The molecule has 3 nitrogen and oxygen atoms in total. The highest BCUT2D eigenvalue weighted by Gasteiger charge is 2.10. The number of aromatic nitrogens is 3. The van der Waals surface area contributed by atoms with Crippen LogP contribution in [0.25, 0.3) is 22.6 Å².